The van der Waals surface area contributed by atoms with E-state index in [1.807, 2.05) is 63.2 Å². The summed E-state index contributed by atoms with van der Waals surface area (Å²) < 4.78 is 5.70. The fourth-order valence-electron chi connectivity index (χ4n) is 2.46. The number of carbonyl (C=O) groups excluding carboxylic acids is 1. The SMILES string of the molecule is Cc1ccc(/C=C/C(=O)NCCCc2cccc(OC(C)C)c2)cc1. The van der Waals surface area contributed by atoms with Gasteiger partial charge in [0.05, 0.1) is 6.10 Å². The zero-order chi connectivity index (χ0) is 18.1. The molecule has 0 fully saturated rings. The molecule has 0 spiro atoms. The van der Waals surface area contributed by atoms with Gasteiger partial charge in [-0.2, -0.15) is 0 Å². The van der Waals surface area contributed by atoms with Crippen LogP contribution in [-0.4, -0.2) is 18.6 Å². The highest BCUT2D eigenvalue weighted by molar-refractivity contribution is 5.91. The lowest BCUT2D eigenvalue weighted by molar-refractivity contribution is -0.116. The molecule has 0 radical (unpaired) electrons. The maximum Gasteiger partial charge on any atom is 0.243 e. The van der Waals surface area contributed by atoms with Crippen LogP contribution in [0.2, 0.25) is 0 Å². The van der Waals surface area contributed by atoms with Gasteiger partial charge in [0.25, 0.3) is 0 Å². The van der Waals surface area contributed by atoms with Crippen molar-refractivity contribution in [2.24, 2.45) is 0 Å². The highest BCUT2D eigenvalue weighted by Crippen LogP contribution is 2.15. The number of hydrogen-bond donors (Lipinski definition) is 1. The lowest BCUT2D eigenvalue weighted by Gasteiger charge is -2.11. The molecule has 0 bridgehead atoms. The first-order valence-electron chi connectivity index (χ1n) is 8.81. The molecule has 0 heterocycles. The van der Waals surface area contributed by atoms with Crippen LogP contribution in [0.1, 0.15) is 37.0 Å². The van der Waals surface area contributed by atoms with Crippen molar-refractivity contribution in [1.82, 2.24) is 5.32 Å². The van der Waals surface area contributed by atoms with Crippen molar-refractivity contribution in [1.29, 1.82) is 0 Å². The van der Waals surface area contributed by atoms with Crippen LogP contribution in [0.3, 0.4) is 0 Å². The van der Waals surface area contributed by atoms with Crippen molar-refractivity contribution < 1.29 is 9.53 Å². The Bertz CT molecular complexity index is 702. The Hall–Kier alpha value is -2.55. The number of carbonyl (C=O) groups is 1. The standard InChI is InChI=1S/C22H27NO2/c1-17(2)25-21-8-4-6-20(16-21)7-5-15-23-22(24)14-13-19-11-9-18(3)10-12-19/h4,6,8-14,16-17H,5,7,15H2,1-3H3,(H,23,24)/b14-13+. The molecular weight excluding hydrogens is 310 g/mol. The second-order valence-corrected chi connectivity index (χ2v) is 6.45. The molecule has 0 saturated carbocycles. The van der Waals surface area contributed by atoms with Gasteiger partial charge < -0.3 is 10.1 Å². The molecular formula is C22H27NO2. The van der Waals surface area contributed by atoms with E-state index < -0.39 is 0 Å². The number of amides is 1. The zero-order valence-corrected chi connectivity index (χ0v) is 15.3. The fourth-order valence-corrected chi connectivity index (χ4v) is 2.46. The topological polar surface area (TPSA) is 38.3 Å². The predicted octanol–water partition coefficient (Wildman–Crippen LogP) is 4.54. The number of hydrogen-bond acceptors (Lipinski definition) is 2. The smallest absolute Gasteiger partial charge is 0.243 e. The van der Waals surface area contributed by atoms with Crippen molar-refractivity contribution >= 4 is 12.0 Å². The largest absolute Gasteiger partial charge is 0.491 e. The van der Waals surface area contributed by atoms with Crippen LogP contribution < -0.4 is 10.1 Å². The summed E-state index contributed by atoms with van der Waals surface area (Å²) in [4.78, 5) is 11.9. The van der Waals surface area contributed by atoms with Gasteiger partial charge in [-0.25, -0.2) is 0 Å². The van der Waals surface area contributed by atoms with Crippen molar-refractivity contribution in [2.45, 2.75) is 39.7 Å². The molecule has 1 N–H and O–H groups in total. The van der Waals surface area contributed by atoms with Crippen molar-refractivity contribution in [3.63, 3.8) is 0 Å². The van der Waals surface area contributed by atoms with Gasteiger partial charge in [-0.3, -0.25) is 4.79 Å². The van der Waals surface area contributed by atoms with E-state index in [9.17, 15) is 4.79 Å². The summed E-state index contributed by atoms with van der Waals surface area (Å²) in [6.07, 6.45) is 5.41. The molecule has 2 aromatic rings. The molecule has 2 rings (SSSR count). The molecule has 0 aliphatic heterocycles. The lowest BCUT2D eigenvalue weighted by atomic mass is 10.1. The summed E-state index contributed by atoms with van der Waals surface area (Å²) in [5.41, 5.74) is 3.47. The second-order valence-electron chi connectivity index (χ2n) is 6.45. The minimum atomic E-state index is -0.0579. The average molecular weight is 337 g/mol. The Kier molecular flexibility index (Phi) is 7.27. The first-order chi connectivity index (χ1) is 12.0. The van der Waals surface area contributed by atoms with E-state index in [-0.39, 0.29) is 12.0 Å². The summed E-state index contributed by atoms with van der Waals surface area (Å²) in [5.74, 6) is 0.843. The van der Waals surface area contributed by atoms with Crippen molar-refractivity contribution in [2.75, 3.05) is 6.54 Å². The molecule has 0 aromatic heterocycles. The van der Waals surface area contributed by atoms with Gasteiger partial charge in [0.1, 0.15) is 5.75 Å². The Balaban J connectivity index is 1.71. The molecule has 25 heavy (non-hydrogen) atoms. The minimum Gasteiger partial charge on any atom is -0.491 e. The summed E-state index contributed by atoms with van der Waals surface area (Å²) in [6.45, 7) is 6.75. The first kappa shape index (κ1) is 18.8. The molecule has 1 amide bonds. The van der Waals surface area contributed by atoms with Gasteiger partial charge in [0.2, 0.25) is 5.91 Å². The van der Waals surface area contributed by atoms with E-state index in [4.69, 9.17) is 4.74 Å². The number of aryl methyl sites for hydroxylation is 2. The van der Waals surface area contributed by atoms with E-state index in [1.54, 1.807) is 6.08 Å². The summed E-state index contributed by atoms with van der Waals surface area (Å²) in [5, 5.41) is 2.92. The van der Waals surface area contributed by atoms with Gasteiger partial charge >= 0.3 is 0 Å². The zero-order valence-electron chi connectivity index (χ0n) is 15.3. The van der Waals surface area contributed by atoms with Gasteiger partial charge in [0.15, 0.2) is 0 Å². The third-order valence-electron chi connectivity index (χ3n) is 3.72. The fraction of sp³-hybridized carbons (Fsp3) is 0.318. The Morgan fingerprint density at radius 2 is 1.92 bits per heavy atom. The maximum atomic E-state index is 11.9. The number of ether oxygens (including phenoxy) is 1. The van der Waals surface area contributed by atoms with E-state index in [2.05, 4.69) is 17.4 Å². The molecule has 3 nitrogen and oxygen atoms in total. The van der Waals surface area contributed by atoms with E-state index in [0.29, 0.717) is 6.54 Å². The molecule has 3 heteroatoms. The molecule has 132 valence electrons. The van der Waals surface area contributed by atoms with E-state index in [1.165, 1.54) is 11.1 Å². The Morgan fingerprint density at radius 1 is 1.16 bits per heavy atom. The third-order valence-corrected chi connectivity index (χ3v) is 3.72. The first-order valence-corrected chi connectivity index (χ1v) is 8.81. The van der Waals surface area contributed by atoms with Crippen molar-refractivity contribution in [3.05, 3.63) is 71.3 Å². The van der Waals surface area contributed by atoms with Crippen molar-refractivity contribution in [3.8, 4) is 5.75 Å². The Morgan fingerprint density at radius 3 is 2.64 bits per heavy atom. The molecule has 0 aliphatic rings. The predicted molar refractivity (Wildman–Crippen MR) is 104 cm³/mol. The molecule has 0 aliphatic carbocycles. The Labute approximate surface area is 150 Å². The monoisotopic (exact) mass is 337 g/mol. The van der Waals surface area contributed by atoms with Crippen LogP contribution in [0.15, 0.2) is 54.6 Å². The molecule has 0 unspecified atom stereocenters. The molecule has 2 aromatic carbocycles. The minimum absolute atomic E-state index is 0.0579. The van der Waals surface area contributed by atoms with E-state index >= 15 is 0 Å². The summed E-state index contributed by atoms with van der Waals surface area (Å²) >= 11 is 0. The number of benzene rings is 2. The van der Waals surface area contributed by atoms with Gasteiger partial charge in [-0.15, -0.1) is 0 Å². The van der Waals surface area contributed by atoms with Crippen LogP contribution in [0, 0.1) is 6.92 Å². The second kappa shape index (κ2) is 9.67. The quantitative estimate of drug-likeness (QED) is 0.567. The van der Waals surface area contributed by atoms with Crippen LogP contribution in [-0.2, 0) is 11.2 Å². The van der Waals surface area contributed by atoms with Crippen LogP contribution in [0.25, 0.3) is 6.08 Å². The highest BCUT2D eigenvalue weighted by Gasteiger charge is 2.00. The van der Waals surface area contributed by atoms with E-state index in [0.717, 1.165) is 24.2 Å². The third kappa shape index (κ3) is 7.25. The lowest BCUT2D eigenvalue weighted by Crippen LogP contribution is -2.22. The van der Waals surface area contributed by atoms with Crippen LogP contribution >= 0.6 is 0 Å². The molecule has 0 atom stereocenters. The van der Waals surface area contributed by atoms with Gasteiger partial charge in [-0.1, -0.05) is 42.0 Å². The van der Waals surface area contributed by atoms with Gasteiger partial charge in [0, 0.05) is 12.6 Å². The number of rotatable bonds is 8. The normalized spacial score (nSPS) is 11.0. The van der Waals surface area contributed by atoms with Crippen LogP contribution in [0.4, 0.5) is 0 Å². The number of nitrogens with one attached hydrogen (secondary N) is 1. The van der Waals surface area contributed by atoms with Gasteiger partial charge in [-0.05, 0) is 62.9 Å². The summed E-state index contributed by atoms with van der Waals surface area (Å²) in [7, 11) is 0. The highest BCUT2D eigenvalue weighted by atomic mass is 16.5. The maximum absolute atomic E-state index is 11.9. The van der Waals surface area contributed by atoms with Crippen LogP contribution in [0.5, 0.6) is 5.75 Å². The summed E-state index contributed by atoms with van der Waals surface area (Å²) in [6, 6.07) is 16.2. The average Bonchev–Trinajstić information content (AvgIpc) is 2.58. The molecule has 0 saturated heterocycles.